The highest BCUT2D eigenvalue weighted by atomic mass is 35.5. The summed E-state index contributed by atoms with van der Waals surface area (Å²) in [6.07, 6.45) is 1.35. The Morgan fingerprint density at radius 2 is 1.65 bits per heavy atom. The number of amides is 1. The monoisotopic (exact) mass is 861 g/mol. The van der Waals surface area contributed by atoms with Gasteiger partial charge in [-0.15, -0.1) is 11.8 Å². The highest BCUT2D eigenvalue weighted by Crippen LogP contribution is 2.32. The smallest absolute Gasteiger partial charge is 0.341 e. The summed E-state index contributed by atoms with van der Waals surface area (Å²) in [5.74, 6) is -4.33. The molecule has 4 aromatic carbocycles. The number of halogens is 3. The highest BCUT2D eigenvalue weighted by Gasteiger charge is 2.32. The molecule has 0 radical (unpaired) electrons. The fraction of sp³-hybridized carbons (Fsp3) is 0.325. The number of nitrogens with zero attached hydrogens (tertiary/aromatic N) is 1. The number of carbonyl (C=O) groups is 1. The van der Waals surface area contributed by atoms with Gasteiger partial charge >= 0.3 is 5.76 Å². The maximum atomic E-state index is 13.9. The number of hydrogen-bond donors (Lipinski definition) is 4. The molecule has 0 fully saturated rings. The normalized spacial score (nSPS) is 14.2. The maximum absolute atomic E-state index is 13.9. The SMILES string of the molecule is CN(C)CC[C@H](CSc1ccccc1)Nc1ccc(S(=O)(=O)NC(=O)c2ccc(NCCNCC3=C(c4ccc(Cl)cc4)CCOC3)cc2)cc1S(=O)(=O)C(F)F. The van der Waals surface area contributed by atoms with Crippen molar-refractivity contribution in [3.05, 3.63) is 119 Å². The lowest BCUT2D eigenvalue weighted by molar-refractivity contribution is 0.0981. The quantitative estimate of drug-likeness (QED) is 0.0547. The maximum Gasteiger partial charge on any atom is 0.341 e. The van der Waals surface area contributed by atoms with Gasteiger partial charge in [0.25, 0.3) is 15.9 Å². The Morgan fingerprint density at radius 1 is 0.930 bits per heavy atom. The van der Waals surface area contributed by atoms with Crippen molar-refractivity contribution in [2.75, 3.05) is 69.9 Å². The van der Waals surface area contributed by atoms with E-state index in [2.05, 4.69) is 16.0 Å². The first-order valence-electron chi connectivity index (χ1n) is 18.1. The van der Waals surface area contributed by atoms with Crippen molar-refractivity contribution >= 4 is 66.1 Å². The Kier molecular flexibility index (Phi) is 15.9. The van der Waals surface area contributed by atoms with Crippen LogP contribution in [0.3, 0.4) is 0 Å². The molecule has 0 spiro atoms. The number of sulfone groups is 1. The van der Waals surface area contributed by atoms with E-state index in [1.807, 2.05) is 78.3 Å². The van der Waals surface area contributed by atoms with E-state index >= 15 is 0 Å². The summed E-state index contributed by atoms with van der Waals surface area (Å²) < 4.78 is 88.0. The summed E-state index contributed by atoms with van der Waals surface area (Å²) in [5.41, 5.74) is 4.08. The molecule has 0 saturated heterocycles. The van der Waals surface area contributed by atoms with Crippen molar-refractivity contribution in [1.82, 2.24) is 14.9 Å². The first kappa shape index (κ1) is 44.1. The summed E-state index contributed by atoms with van der Waals surface area (Å²) in [6, 6.07) is 25.9. The molecule has 306 valence electrons. The number of hydrogen-bond acceptors (Lipinski definition) is 11. The van der Waals surface area contributed by atoms with E-state index in [4.69, 9.17) is 16.3 Å². The number of carbonyl (C=O) groups excluding carboxylic acids is 1. The Hall–Kier alpha value is -4.03. The number of nitrogens with one attached hydrogen (secondary N) is 4. The zero-order chi connectivity index (χ0) is 41.0. The Labute approximate surface area is 342 Å². The molecule has 0 aliphatic carbocycles. The van der Waals surface area contributed by atoms with E-state index in [0.717, 1.165) is 29.0 Å². The van der Waals surface area contributed by atoms with Crippen molar-refractivity contribution in [2.24, 2.45) is 0 Å². The molecule has 1 aliphatic rings. The Balaban J connectivity index is 1.21. The number of sulfonamides is 1. The largest absolute Gasteiger partial charge is 0.384 e. The summed E-state index contributed by atoms with van der Waals surface area (Å²) >= 11 is 7.56. The molecule has 57 heavy (non-hydrogen) atoms. The molecule has 0 unspecified atom stereocenters. The van der Waals surface area contributed by atoms with Crippen molar-refractivity contribution in [3.63, 3.8) is 0 Å². The Morgan fingerprint density at radius 3 is 2.33 bits per heavy atom. The predicted molar refractivity (Wildman–Crippen MR) is 224 cm³/mol. The number of ether oxygens (including phenoxy) is 1. The number of alkyl halides is 2. The summed E-state index contributed by atoms with van der Waals surface area (Å²) in [6.45, 7) is 3.64. The average molecular weight is 862 g/mol. The summed E-state index contributed by atoms with van der Waals surface area (Å²) in [4.78, 5) is 14.4. The lowest BCUT2D eigenvalue weighted by atomic mass is 9.96. The van der Waals surface area contributed by atoms with Gasteiger partial charge in [-0.25, -0.2) is 21.6 Å². The first-order valence-corrected chi connectivity index (χ1v) is 22.5. The first-order chi connectivity index (χ1) is 27.2. The van der Waals surface area contributed by atoms with Gasteiger partial charge in [0, 0.05) is 52.6 Å². The molecule has 17 heteroatoms. The van der Waals surface area contributed by atoms with Crippen LogP contribution in [0, 0.1) is 0 Å². The van der Waals surface area contributed by atoms with Gasteiger partial charge in [-0.1, -0.05) is 41.9 Å². The van der Waals surface area contributed by atoms with Gasteiger partial charge < -0.3 is 25.6 Å². The van der Waals surface area contributed by atoms with Crippen molar-refractivity contribution in [1.29, 1.82) is 0 Å². The van der Waals surface area contributed by atoms with E-state index in [1.54, 1.807) is 12.1 Å². The molecule has 1 heterocycles. The van der Waals surface area contributed by atoms with Gasteiger partial charge in [-0.2, -0.15) is 8.78 Å². The van der Waals surface area contributed by atoms with Crippen LogP contribution < -0.4 is 20.7 Å². The molecule has 0 bridgehead atoms. The second-order valence-electron chi connectivity index (χ2n) is 13.5. The van der Waals surface area contributed by atoms with Crippen LogP contribution in [0.25, 0.3) is 5.57 Å². The van der Waals surface area contributed by atoms with Crippen molar-refractivity contribution in [3.8, 4) is 0 Å². The van der Waals surface area contributed by atoms with Crippen molar-refractivity contribution < 1.29 is 35.1 Å². The lowest BCUT2D eigenvalue weighted by Gasteiger charge is -2.23. The molecule has 1 aliphatic heterocycles. The minimum Gasteiger partial charge on any atom is -0.384 e. The zero-order valence-electron chi connectivity index (χ0n) is 31.5. The summed E-state index contributed by atoms with van der Waals surface area (Å²) in [5, 5.41) is 10.4. The van der Waals surface area contributed by atoms with E-state index in [9.17, 15) is 30.4 Å². The van der Waals surface area contributed by atoms with Crippen LogP contribution in [0.15, 0.2) is 117 Å². The summed E-state index contributed by atoms with van der Waals surface area (Å²) in [7, 11) is -6.20. The van der Waals surface area contributed by atoms with Gasteiger partial charge in [0.15, 0.2) is 0 Å². The van der Waals surface area contributed by atoms with Crippen molar-refractivity contribution in [2.45, 2.75) is 39.3 Å². The lowest BCUT2D eigenvalue weighted by Crippen LogP contribution is -2.31. The van der Waals surface area contributed by atoms with Crippen LogP contribution in [0.1, 0.15) is 28.8 Å². The molecule has 1 atom stereocenters. The van der Waals surface area contributed by atoms with E-state index in [0.29, 0.717) is 68.3 Å². The second-order valence-corrected chi connectivity index (χ2v) is 18.6. The van der Waals surface area contributed by atoms with Crippen LogP contribution in [0.4, 0.5) is 20.2 Å². The zero-order valence-corrected chi connectivity index (χ0v) is 34.7. The highest BCUT2D eigenvalue weighted by molar-refractivity contribution is 7.99. The molecule has 5 rings (SSSR count). The molecule has 11 nitrogen and oxygen atoms in total. The van der Waals surface area contributed by atoms with Crippen LogP contribution in [-0.4, -0.2) is 98.7 Å². The van der Waals surface area contributed by atoms with Crippen LogP contribution in [0.2, 0.25) is 5.02 Å². The third-order valence-corrected chi connectivity index (χ3v) is 13.2. The topological polar surface area (TPSA) is 146 Å². The number of anilines is 2. The minimum absolute atomic E-state index is 0.0135. The molecular weight excluding hydrogens is 816 g/mol. The second kappa shape index (κ2) is 20.6. The number of rotatable bonds is 20. The molecule has 4 N–H and O–H groups in total. The van der Waals surface area contributed by atoms with Crippen LogP contribution in [-0.2, 0) is 24.6 Å². The van der Waals surface area contributed by atoms with Crippen LogP contribution >= 0.6 is 23.4 Å². The predicted octanol–water partition coefficient (Wildman–Crippen LogP) is 6.86. The van der Waals surface area contributed by atoms with Crippen LogP contribution in [0.5, 0.6) is 0 Å². The third kappa shape index (κ3) is 12.7. The van der Waals surface area contributed by atoms with Gasteiger partial charge in [-0.3, -0.25) is 4.79 Å². The van der Waals surface area contributed by atoms with E-state index < -0.39 is 41.3 Å². The molecular formula is C40H46ClF2N5O6S3. The number of thioether (sulfide) groups is 1. The average Bonchev–Trinajstić information content (AvgIpc) is 3.19. The standard InChI is InChI=1S/C40H46ClF2N5O6S3/c1-48(2)22-18-33(27-55-34-6-4-3-5-7-34)46-37-17-16-35(24-38(37)56(50,51)40(42)43)57(52,53)47-39(49)29-10-14-32(15-11-29)45-21-20-44-25-30-26-54-23-19-36(30)28-8-12-31(41)13-9-28/h3-17,24,33,40,44-46H,18-23,25-27H2,1-2H3,(H,47,49)/t33-/m1/s1. The molecule has 0 saturated carbocycles. The third-order valence-electron chi connectivity index (χ3n) is 9.02. The number of benzene rings is 4. The van der Waals surface area contributed by atoms with Gasteiger partial charge in [0.1, 0.15) is 0 Å². The van der Waals surface area contributed by atoms with Gasteiger partial charge in [-0.05, 0) is 117 Å². The Bertz CT molecular complexity index is 2210. The van der Waals surface area contributed by atoms with Gasteiger partial charge in [0.2, 0.25) is 9.84 Å². The molecule has 0 aromatic heterocycles. The van der Waals surface area contributed by atoms with E-state index in [1.165, 1.54) is 35.0 Å². The molecule has 1 amide bonds. The fourth-order valence-corrected chi connectivity index (χ4v) is 9.08. The van der Waals surface area contributed by atoms with E-state index in [-0.39, 0.29) is 17.3 Å². The minimum atomic E-state index is -5.27. The fourth-order valence-electron chi connectivity index (χ4n) is 5.97. The molecule has 4 aromatic rings. The van der Waals surface area contributed by atoms with Gasteiger partial charge in [0.05, 0.1) is 28.7 Å².